The number of nitriles is 1. The van der Waals surface area contributed by atoms with E-state index >= 15 is 0 Å². The first-order valence-electron chi connectivity index (χ1n) is 7.44. The lowest BCUT2D eigenvalue weighted by atomic mass is 10.2. The van der Waals surface area contributed by atoms with Gasteiger partial charge in [-0.25, -0.2) is 4.79 Å². The lowest BCUT2D eigenvalue weighted by Crippen LogP contribution is -2.04. The summed E-state index contributed by atoms with van der Waals surface area (Å²) >= 11 is 0. The molecule has 5 nitrogen and oxygen atoms in total. The molecule has 0 saturated carbocycles. The third-order valence-corrected chi connectivity index (χ3v) is 3.11. The fourth-order valence-corrected chi connectivity index (χ4v) is 1.91. The number of carbonyl (C=O) groups is 1. The van der Waals surface area contributed by atoms with Crippen molar-refractivity contribution in [3.05, 3.63) is 65.7 Å². The van der Waals surface area contributed by atoms with Crippen LogP contribution in [-0.4, -0.2) is 24.3 Å². The molecule has 0 radical (unpaired) electrons. The highest BCUT2D eigenvalue weighted by molar-refractivity contribution is 5.85. The largest absolute Gasteiger partial charge is 0.493 e. The average molecular weight is 323 g/mol. The molecule has 122 valence electrons. The van der Waals surface area contributed by atoms with Crippen LogP contribution in [0, 0.1) is 11.3 Å². The number of ether oxygens (including phenoxy) is 2. The lowest BCUT2D eigenvalue weighted by molar-refractivity contribution is -0.131. The number of aliphatic carboxylic acids is 1. The Labute approximate surface area is 140 Å². The van der Waals surface area contributed by atoms with Crippen molar-refractivity contribution in [1.82, 2.24) is 0 Å². The first-order chi connectivity index (χ1) is 11.7. The minimum Gasteiger partial charge on any atom is -0.493 e. The third-order valence-electron chi connectivity index (χ3n) is 3.11. The van der Waals surface area contributed by atoms with Gasteiger partial charge in [-0.05, 0) is 48.0 Å². The van der Waals surface area contributed by atoms with Gasteiger partial charge in [0.1, 0.15) is 11.5 Å². The van der Waals surface area contributed by atoms with Gasteiger partial charge in [-0.1, -0.05) is 12.1 Å². The fraction of sp³-hybridized carbons (Fsp3) is 0.158. The number of carboxylic acid groups (broad SMARTS) is 1. The highest BCUT2D eigenvalue weighted by Gasteiger charge is 1.97. The molecule has 0 fully saturated rings. The standard InChI is InChI=1S/C19H17NO4/c20-14-16-4-9-18(10-5-16)24-13-1-12-23-17-7-2-15(3-8-17)6-11-19(21)22/h2-11H,1,12-13H2,(H,21,22). The normalized spacial score (nSPS) is 10.3. The summed E-state index contributed by atoms with van der Waals surface area (Å²) in [5.41, 5.74) is 1.40. The Morgan fingerprint density at radius 2 is 1.54 bits per heavy atom. The predicted octanol–water partition coefficient (Wildman–Crippen LogP) is 3.50. The van der Waals surface area contributed by atoms with Crippen molar-refractivity contribution in [2.24, 2.45) is 0 Å². The maximum Gasteiger partial charge on any atom is 0.328 e. The van der Waals surface area contributed by atoms with E-state index in [9.17, 15) is 4.79 Å². The fourth-order valence-electron chi connectivity index (χ4n) is 1.91. The molecule has 2 aromatic rings. The van der Waals surface area contributed by atoms with Crippen LogP contribution in [0.3, 0.4) is 0 Å². The molecule has 2 rings (SSSR count). The van der Waals surface area contributed by atoms with Crippen molar-refractivity contribution >= 4 is 12.0 Å². The van der Waals surface area contributed by atoms with E-state index in [0.29, 0.717) is 18.8 Å². The van der Waals surface area contributed by atoms with Gasteiger partial charge < -0.3 is 14.6 Å². The maximum absolute atomic E-state index is 10.4. The van der Waals surface area contributed by atoms with Crippen molar-refractivity contribution in [2.75, 3.05) is 13.2 Å². The molecule has 2 aromatic carbocycles. The molecule has 0 unspecified atom stereocenters. The summed E-state index contributed by atoms with van der Waals surface area (Å²) in [6, 6.07) is 16.2. The smallest absolute Gasteiger partial charge is 0.328 e. The number of carboxylic acids is 1. The molecule has 0 aromatic heterocycles. The van der Waals surface area contributed by atoms with E-state index < -0.39 is 5.97 Å². The third kappa shape index (κ3) is 5.85. The van der Waals surface area contributed by atoms with Gasteiger partial charge in [0, 0.05) is 12.5 Å². The molecule has 0 aliphatic heterocycles. The van der Waals surface area contributed by atoms with Gasteiger partial charge in [-0.15, -0.1) is 0 Å². The predicted molar refractivity (Wildman–Crippen MR) is 89.9 cm³/mol. The molecule has 0 aliphatic rings. The zero-order valence-corrected chi connectivity index (χ0v) is 13.0. The first-order valence-corrected chi connectivity index (χ1v) is 7.44. The van der Waals surface area contributed by atoms with Gasteiger partial charge in [0.25, 0.3) is 0 Å². The van der Waals surface area contributed by atoms with Crippen LogP contribution in [0.25, 0.3) is 6.08 Å². The summed E-state index contributed by atoms with van der Waals surface area (Å²) in [6.45, 7) is 1.03. The summed E-state index contributed by atoms with van der Waals surface area (Å²) < 4.78 is 11.2. The zero-order chi connectivity index (χ0) is 17.2. The van der Waals surface area contributed by atoms with E-state index in [1.807, 2.05) is 0 Å². The summed E-state index contributed by atoms with van der Waals surface area (Å²) in [5.74, 6) is 0.474. The Morgan fingerprint density at radius 1 is 1.00 bits per heavy atom. The van der Waals surface area contributed by atoms with E-state index in [2.05, 4.69) is 6.07 Å². The van der Waals surface area contributed by atoms with Crippen LogP contribution in [0.15, 0.2) is 54.6 Å². The highest BCUT2D eigenvalue weighted by atomic mass is 16.5. The molecule has 0 spiro atoms. The van der Waals surface area contributed by atoms with Crippen LogP contribution in [-0.2, 0) is 4.79 Å². The number of rotatable bonds is 8. The van der Waals surface area contributed by atoms with Gasteiger partial charge >= 0.3 is 5.97 Å². The Bertz CT molecular complexity index is 727. The molecule has 0 atom stereocenters. The minimum atomic E-state index is -0.974. The molecule has 24 heavy (non-hydrogen) atoms. The molecule has 0 bridgehead atoms. The van der Waals surface area contributed by atoms with Crippen LogP contribution in [0.1, 0.15) is 17.5 Å². The average Bonchev–Trinajstić information content (AvgIpc) is 2.61. The number of benzene rings is 2. The van der Waals surface area contributed by atoms with Gasteiger partial charge in [0.15, 0.2) is 0 Å². The lowest BCUT2D eigenvalue weighted by Gasteiger charge is -2.08. The second-order valence-corrected chi connectivity index (χ2v) is 4.93. The SMILES string of the molecule is N#Cc1ccc(OCCCOc2ccc(C=CC(=O)O)cc2)cc1. The van der Waals surface area contributed by atoms with E-state index in [1.165, 1.54) is 6.08 Å². The van der Waals surface area contributed by atoms with E-state index in [4.69, 9.17) is 19.8 Å². The monoisotopic (exact) mass is 323 g/mol. The van der Waals surface area contributed by atoms with E-state index in [1.54, 1.807) is 48.5 Å². The molecule has 0 aliphatic carbocycles. The molecule has 5 heteroatoms. The zero-order valence-electron chi connectivity index (χ0n) is 13.0. The summed E-state index contributed by atoms with van der Waals surface area (Å²) in [4.78, 5) is 10.4. The van der Waals surface area contributed by atoms with Crippen molar-refractivity contribution in [1.29, 1.82) is 5.26 Å². The second-order valence-electron chi connectivity index (χ2n) is 4.93. The van der Waals surface area contributed by atoms with Gasteiger partial charge in [0.2, 0.25) is 0 Å². The van der Waals surface area contributed by atoms with E-state index in [0.717, 1.165) is 29.6 Å². The van der Waals surface area contributed by atoms with Crippen molar-refractivity contribution in [2.45, 2.75) is 6.42 Å². The highest BCUT2D eigenvalue weighted by Crippen LogP contribution is 2.14. The van der Waals surface area contributed by atoms with Crippen molar-refractivity contribution in [3.8, 4) is 17.6 Å². The van der Waals surface area contributed by atoms with Gasteiger partial charge in [0.05, 0.1) is 24.8 Å². The Balaban J connectivity index is 1.68. The minimum absolute atomic E-state index is 0.514. The topological polar surface area (TPSA) is 79.5 Å². The molecular formula is C19H17NO4. The molecule has 0 heterocycles. The number of hydrogen-bond donors (Lipinski definition) is 1. The number of nitrogens with zero attached hydrogens (tertiary/aromatic N) is 1. The van der Waals surface area contributed by atoms with E-state index in [-0.39, 0.29) is 0 Å². The Kier molecular flexibility index (Phi) is 6.42. The first kappa shape index (κ1) is 17.1. The molecular weight excluding hydrogens is 306 g/mol. The van der Waals surface area contributed by atoms with Crippen molar-refractivity contribution < 1.29 is 19.4 Å². The second kappa shape index (κ2) is 9.01. The Morgan fingerprint density at radius 3 is 2.04 bits per heavy atom. The van der Waals surface area contributed by atoms with Crippen LogP contribution in [0.4, 0.5) is 0 Å². The summed E-state index contributed by atoms with van der Waals surface area (Å²) in [5, 5.41) is 17.3. The van der Waals surface area contributed by atoms with Crippen LogP contribution < -0.4 is 9.47 Å². The quantitative estimate of drug-likeness (QED) is 0.594. The van der Waals surface area contributed by atoms with Crippen LogP contribution in [0.2, 0.25) is 0 Å². The molecule has 1 N–H and O–H groups in total. The number of hydrogen-bond acceptors (Lipinski definition) is 4. The molecule has 0 saturated heterocycles. The summed E-state index contributed by atoms with van der Waals surface area (Å²) in [7, 11) is 0. The van der Waals surface area contributed by atoms with Crippen LogP contribution in [0.5, 0.6) is 11.5 Å². The van der Waals surface area contributed by atoms with Crippen molar-refractivity contribution in [3.63, 3.8) is 0 Å². The maximum atomic E-state index is 10.4. The summed E-state index contributed by atoms with van der Waals surface area (Å²) in [6.07, 6.45) is 3.34. The molecule has 0 amide bonds. The van der Waals surface area contributed by atoms with Gasteiger partial charge in [-0.3, -0.25) is 0 Å². The van der Waals surface area contributed by atoms with Crippen LogP contribution >= 0.6 is 0 Å². The van der Waals surface area contributed by atoms with Gasteiger partial charge in [-0.2, -0.15) is 5.26 Å². The Hall–Kier alpha value is -3.26.